The van der Waals surface area contributed by atoms with Crippen LogP contribution in [-0.4, -0.2) is 59.5 Å². The summed E-state index contributed by atoms with van der Waals surface area (Å²) in [5.74, 6) is -1.41. The van der Waals surface area contributed by atoms with Crippen molar-refractivity contribution in [2.45, 2.75) is 37.8 Å². The van der Waals surface area contributed by atoms with Crippen LogP contribution in [0.4, 0.5) is 4.39 Å². The van der Waals surface area contributed by atoms with Crippen LogP contribution in [0.3, 0.4) is 0 Å². The highest BCUT2D eigenvalue weighted by Gasteiger charge is 2.50. The molecule has 132 valence electrons. The van der Waals surface area contributed by atoms with Gasteiger partial charge in [-0.3, -0.25) is 9.69 Å². The number of carboxylic acids is 1. The minimum atomic E-state index is -1.30. The summed E-state index contributed by atoms with van der Waals surface area (Å²) in [5.41, 5.74) is -0.699. The van der Waals surface area contributed by atoms with Gasteiger partial charge in [0.25, 0.3) is 0 Å². The van der Waals surface area contributed by atoms with E-state index >= 15 is 0 Å². The van der Waals surface area contributed by atoms with Crippen molar-refractivity contribution in [3.05, 3.63) is 35.6 Å². The average Bonchev–Trinajstić information content (AvgIpc) is 2.57. The van der Waals surface area contributed by atoms with Crippen molar-refractivity contribution in [1.82, 2.24) is 4.90 Å². The fourth-order valence-corrected chi connectivity index (χ4v) is 3.94. The second-order valence-electron chi connectivity index (χ2n) is 6.89. The summed E-state index contributed by atoms with van der Waals surface area (Å²) in [6.45, 7) is 2.34. The van der Waals surface area contributed by atoms with Gasteiger partial charge in [-0.15, -0.1) is 0 Å². The number of ether oxygens (including phenoxy) is 1. The maximum absolute atomic E-state index is 13.5. The Labute approximate surface area is 141 Å². The summed E-state index contributed by atoms with van der Waals surface area (Å²) in [6, 6.07) is 6.27. The molecule has 2 heterocycles. The van der Waals surface area contributed by atoms with Gasteiger partial charge < -0.3 is 14.9 Å². The first-order valence-corrected chi connectivity index (χ1v) is 8.49. The zero-order chi connectivity index (χ0) is 17.2. The highest BCUT2D eigenvalue weighted by molar-refractivity contribution is 5.76. The van der Waals surface area contributed by atoms with E-state index in [9.17, 15) is 19.4 Å². The maximum atomic E-state index is 13.5. The van der Waals surface area contributed by atoms with Crippen molar-refractivity contribution in [2.75, 3.05) is 26.3 Å². The Bertz CT molecular complexity index is 590. The fourth-order valence-electron chi connectivity index (χ4n) is 3.94. The Hall–Kier alpha value is -1.50. The highest BCUT2D eigenvalue weighted by Crippen LogP contribution is 2.36. The van der Waals surface area contributed by atoms with Gasteiger partial charge in [0.15, 0.2) is 0 Å². The molecule has 0 saturated carbocycles. The molecule has 0 aromatic heterocycles. The molecule has 5 nitrogen and oxygen atoms in total. The molecule has 0 amide bonds. The number of carboxylic acid groups (broad SMARTS) is 1. The van der Waals surface area contributed by atoms with Crippen LogP contribution < -0.4 is 0 Å². The number of hydrogen-bond donors (Lipinski definition) is 2. The molecule has 0 spiro atoms. The molecule has 24 heavy (non-hydrogen) atoms. The number of rotatable bonds is 4. The van der Waals surface area contributed by atoms with E-state index in [2.05, 4.69) is 4.90 Å². The number of nitrogens with zero attached hydrogens (tertiary/aromatic N) is 1. The lowest BCUT2D eigenvalue weighted by Crippen LogP contribution is -2.59. The van der Waals surface area contributed by atoms with E-state index in [0.717, 1.165) is 12.8 Å². The predicted molar refractivity (Wildman–Crippen MR) is 86.2 cm³/mol. The lowest BCUT2D eigenvalue weighted by Gasteiger charge is -2.47. The molecule has 3 rings (SSSR count). The summed E-state index contributed by atoms with van der Waals surface area (Å²) in [7, 11) is 0. The molecule has 2 saturated heterocycles. The van der Waals surface area contributed by atoms with Crippen LogP contribution >= 0.6 is 0 Å². The fraction of sp³-hybridized carbons (Fsp3) is 0.611. The van der Waals surface area contributed by atoms with E-state index in [0.29, 0.717) is 31.7 Å². The average molecular weight is 337 g/mol. The molecule has 6 heteroatoms. The third kappa shape index (κ3) is 3.45. The molecular formula is C18H24FNO4. The Balaban J connectivity index is 1.84. The van der Waals surface area contributed by atoms with E-state index in [4.69, 9.17) is 4.74 Å². The van der Waals surface area contributed by atoms with Crippen molar-refractivity contribution in [2.24, 2.45) is 5.41 Å². The van der Waals surface area contributed by atoms with Crippen LogP contribution in [0.2, 0.25) is 0 Å². The van der Waals surface area contributed by atoms with E-state index < -0.39 is 17.5 Å². The molecule has 2 N–H and O–H groups in total. The van der Waals surface area contributed by atoms with Crippen LogP contribution in [0.5, 0.6) is 0 Å². The van der Waals surface area contributed by atoms with Crippen molar-refractivity contribution in [1.29, 1.82) is 0 Å². The summed E-state index contributed by atoms with van der Waals surface area (Å²) in [5, 5.41) is 20.4. The zero-order valence-electron chi connectivity index (χ0n) is 13.7. The van der Waals surface area contributed by atoms with Crippen molar-refractivity contribution < 1.29 is 24.1 Å². The van der Waals surface area contributed by atoms with Gasteiger partial charge in [0.2, 0.25) is 0 Å². The maximum Gasteiger partial charge on any atom is 0.313 e. The summed E-state index contributed by atoms with van der Waals surface area (Å²) in [4.78, 5) is 14.3. The Morgan fingerprint density at radius 1 is 1.33 bits per heavy atom. The molecule has 0 aliphatic carbocycles. The molecule has 0 unspecified atom stereocenters. The van der Waals surface area contributed by atoms with Gasteiger partial charge in [-0.05, 0) is 43.4 Å². The Morgan fingerprint density at radius 2 is 2.08 bits per heavy atom. The lowest BCUT2D eigenvalue weighted by molar-refractivity contribution is -0.165. The van der Waals surface area contributed by atoms with E-state index in [1.165, 1.54) is 12.1 Å². The number of benzene rings is 1. The monoisotopic (exact) mass is 337 g/mol. The molecule has 1 aromatic carbocycles. The third-order valence-corrected chi connectivity index (χ3v) is 5.35. The van der Waals surface area contributed by atoms with Crippen LogP contribution in [0.15, 0.2) is 24.3 Å². The minimum absolute atomic E-state index is 0.126. The molecule has 2 aliphatic rings. The van der Waals surface area contributed by atoms with Crippen LogP contribution in [-0.2, 0) is 16.0 Å². The predicted octanol–water partition coefficient (Wildman–Crippen LogP) is 1.68. The van der Waals surface area contributed by atoms with Gasteiger partial charge in [0.05, 0.1) is 6.10 Å². The molecule has 2 fully saturated rings. The number of halogens is 1. The molecule has 0 bridgehead atoms. The van der Waals surface area contributed by atoms with Crippen molar-refractivity contribution >= 4 is 5.97 Å². The standard InChI is InChI=1S/C18H24FNO4/c19-14-3-1-2-13(10-14)11-18(17(22)23)12-20(7-4-16(18)21)15-5-8-24-9-6-15/h1-3,10,15-16,21H,4-9,11-12H2,(H,22,23)/t16-,18-/m1/s1. The van der Waals surface area contributed by atoms with Gasteiger partial charge in [-0.25, -0.2) is 4.39 Å². The number of likely N-dealkylation sites (tertiary alicyclic amines) is 1. The van der Waals surface area contributed by atoms with Gasteiger partial charge >= 0.3 is 5.97 Å². The molecular weight excluding hydrogens is 313 g/mol. The summed E-state index contributed by atoms with van der Waals surface area (Å²) >= 11 is 0. The number of carbonyl (C=O) groups is 1. The largest absolute Gasteiger partial charge is 0.481 e. The molecule has 2 aliphatic heterocycles. The van der Waals surface area contributed by atoms with Crippen LogP contribution in [0, 0.1) is 11.2 Å². The van der Waals surface area contributed by atoms with Gasteiger partial charge in [0.1, 0.15) is 11.2 Å². The van der Waals surface area contributed by atoms with Crippen LogP contribution in [0.1, 0.15) is 24.8 Å². The Morgan fingerprint density at radius 3 is 2.75 bits per heavy atom. The summed E-state index contributed by atoms with van der Waals surface area (Å²) in [6.07, 6.45) is 1.37. The van der Waals surface area contributed by atoms with Crippen molar-refractivity contribution in [3.63, 3.8) is 0 Å². The SMILES string of the molecule is O=C(O)[C@]1(Cc2cccc(F)c2)CN(C2CCOCC2)CC[C@H]1O. The minimum Gasteiger partial charge on any atom is -0.481 e. The molecule has 2 atom stereocenters. The smallest absolute Gasteiger partial charge is 0.313 e. The first kappa shape index (κ1) is 17.3. The van der Waals surface area contributed by atoms with Gasteiger partial charge in [-0.1, -0.05) is 12.1 Å². The van der Waals surface area contributed by atoms with E-state index in [-0.39, 0.29) is 24.8 Å². The second kappa shape index (κ2) is 7.17. The Kier molecular flexibility index (Phi) is 5.18. The topological polar surface area (TPSA) is 70.0 Å². The number of aliphatic hydroxyl groups excluding tert-OH is 1. The normalized spacial score (nSPS) is 29.5. The first-order chi connectivity index (χ1) is 11.5. The quantitative estimate of drug-likeness (QED) is 0.875. The zero-order valence-corrected chi connectivity index (χ0v) is 13.7. The highest BCUT2D eigenvalue weighted by atomic mass is 19.1. The van der Waals surface area contributed by atoms with E-state index in [1.54, 1.807) is 12.1 Å². The van der Waals surface area contributed by atoms with Crippen molar-refractivity contribution in [3.8, 4) is 0 Å². The number of hydrogen-bond acceptors (Lipinski definition) is 4. The number of aliphatic carboxylic acids is 1. The van der Waals surface area contributed by atoms with E-state index in [1.807, 2.05) is 0 Å². The third-order valence-electron chi connectivity index (χ3n) is 5.35. The molecule has 0 radical (unpaired) electrons. The van der Waals surface area contributed by atoms with Gasteiger partial charge in [-0.2, -0.15) is 0 Å². The van der Waals surface area contributed by atoms with Gasteiger partial charge in [0, 0.05) is 32.3 Å². The van der Waals surface area contributed by atoms with Crippen LogP contribution in [0.25, 0.3) is 0 Å². The summed E-state index contributed by atoms with van der Waals surface area (Å²) < 4.78 is 18.9. The first-order valence-electron chi connectivity index (χ1n) is 8.49. The lowest BCUT2D eigenvalue weighted by atomic mass is 9.72. The second-order valence-corrected chi connectivity index (χ2v) is 6.89. The number of aliphatic hydroxyl groups is 1. The molecule has 1 aromatic rings. The number of piperidine rings is 1.